The first-order valence-electron chi connectivity index (χ1n) is 6.61. The van der Waals surface area contributed by atoms with Crippen molar-refractivity contribution in [3.8, 4) is 0 Å². The molecule has 0 bridgehead atoms. The van der Waals surface area contributed by atoms with Crippen LogP contribution in [0.3, 0.4) is 0 Å². The quantitative estimate of drug-likeness (QED) is 0.894. The number of nitrogens with one attached hydrogen (secondary N) is 1. The fourth-order valence-electron chi connectivity index (χ4n) is 2.28. The van der Waals surface area contributed by atoms with Gasteiger partial charge >= 0.3 is 0 Å². The van der Waals surface area contributed by atoms with Crippen LogP contribution >= 0.6 is 15.9 Å². The summed E-state index contributed by atoms with van der Waals surface area (Å²) in [6, 6.07) is 8.49. The second-order valence-corrected chi connectivity index (χ2v) is 5.78. The minimum absolute atomic E-state index is 1.08. The van der Waals surface area contributed by atoms with E-state index in [-0.39, 0.29) is 0 Å². The minimum Gasteiger partial charge on any atom is -0.314 e. The van der Waals surface area contributed by atoms with Crippen molar-refractivity contribution in [2.24, 2.45) is 0 Å². The lowest BCUT2D eigenvalue weighted by Gasteiger charge is -2.31. The summed E-state index contributed by atoms with van der Waals surface area (Å²) in [5.41, 5.74) is 1.39. The van der Waals surface area contributed by atoms with E-state index in [0.29, 0.717) is 0 Å². The van der Waals surface area contributed by atoms with Crippen molar-refractivity contribution in [2.45, 2.75) is 6.42 Å². The average Bonchev–Trinajstić information content (AvgIpc) is 2.39. The smallest absolute Gasteiger partial charge is 0.0504 e. The summed E-state index contributed by atoms with van der Waals surface area (Å²) >= 11 is 3.61. The normalized spacial score (nSPS) is 17.3. The first-order valence-corrected chi connectivity index (χ1v) is 7.40. The van der Waals surface area contributed by atoms with Crippen molar-refractivity contribution in [3.63, 3.8) is 0 Å². The van der Waals surface area contributed by atoms with Crippen LogP contribution in [0.1, 0.15) is 5.56 Å². The fraction of sp³-hybridized carbons (Fsp3) is 0.571. The molecule has 18 heavy (non-hydrogen) atoms. The number of hydrogen-bond acceptors (Lipinski definition) is 3. The van der Waals surface area contributed by atoms with Gasteiger partial charge in [0.2, 0.25) is 0 Å². The fourth-order valence-corrected chi connectivity index (χ4v) is 2.76. The summed E-state index contributed by atoms with van der Waals surface area (Å²) in [6.45, 7) is 6.76. The summed E-state index contributed by atoms with van der Waals surface area (Å²) in [4.78, 5) is 4.92. The summed E-state index contributed by atoms with van der Waals surface area (Å²) in [6.07, 6.45) is 1.10. The highest BCUT2D eigenvalue weighted by molar-refractivity contribution is 9.10. The van der Waals surface area contributed by atoms with Gasteiger partial charge in [0.15, 0.2) is 0 Å². The van der Waals surface area contributed by atoms with E-state index in [4.69, 9.17) is 0 Å². The van der Waals surface area contributed by atoms with Gasteiger partial charge in [0, 0.05) is 37.2 Å². The molecule has 0 spiro atoms. The highest BCUT2D eigenvalue weighted by Crippen LogP contribution is 2.16. The largest absolute Gasteiger partial charge is 0.314 e. The molecule has 1 aliphatic rings. The molecule has 1 aliphatic heterocycles. The second kappa shape index (κ2) is 7.24. The molecule has 0 radical (unpaired) electrons. The first kappa shape index (κ1) is 14.0. The second-order valence-electron chi connectivity index (χ2n) is 4.93. The Kier molecular flexibility index (Phi) is 5.63. The molecule has 1 aromatic carbocycles. The predicted molar refractivity (Wildman–Crippen MR) is 79.8 cm³/mol. The van der Waals surface area contributed by atoms with Crippen molar-refractivity contribution in [1.29, 1.82) is 0 Å². The van der Waals surface area contributed by atoms with Gasteiger partial charge in [-0.25, -0.2) is 0 Å². The number of benzene rings is 1. The Hall–Kier alpha value is -0.420. The van der Waals surface area contributed by atoms with Gasteiger partial charge in [-0.2, -0.15) is 0 Å². The lowest BCUT2D eigenvalue weighted by Crippen LogP contribution is -2.47. The molecule has 100 valence electrons. The number of likely N-dealkylation sites (N-methyl/N-ethyl adjacent to an activating group) is 1. The van der Waals surface area contributed by atoms with E-state index in [1.54, 1.807) is 0 Å². The van der Waals surface area contributed by atoms with Crippen molar-refractivity contribution in [3.05, 3.63) is 34.3 Å². The molecule has 1 fully saturated rings. The maximum atomic E-state index is 3.61. The highest BCUT2D eigenvalue weighted by Gasteiger charge is 2.11. The van der Waals surface area contributed by atoms with Crippen LogP contribution in [-0.4, -0.2) is 56.2 Å². The zero-order valence-corrected chi connectivity index (χ0v) is 12.6. The van der Waals surface area contributed by atoms with E-state index in [9.17, 15) is 0 Å². The van der Waals surface area contributed by atoms with Crippen LogP contribution in [0.4, 0.5) is 0 Å². The third kappa shape index (κ3) is 4.35. The van der Waals surface area contributed by atoms with Gasteiger partial charge in [0.05, 0.1) is 6.67 Å². The van der Waals surface area contributed by atoms with Gasteiger partial charge in [-0.3, -0.25) is 9.80 Å². The molecule has 2 rings (SSSR count). The molecule has 0 aromatic heterocycles. The van der Waals surface area contributed by atoms with Gasteiger partial charge < -0.3 is 5.32 Å². The Labute approximate surface area is 118 Å². The van der Waals surface area contributed by atoms with Crippen LogP contribution in [0, 0.1) is 0 Å². The molecule has 1 aromatic rings. The Morgan fingerprint density at radius 1 is 1.28 bits per heavy atom. The summed E-state index contributed by atoms with van der Waals surface area (Å²) in [5.74, 6) is 0. The minimum atomic E-state index is 1.08. The van der Waals surface area contributed by atoms with Gasteiger partial charge in [-0.05, 0) is 25.1 Å². The van der Waals surface area contributed by atoms with E-state index in [0.717, 1.165) is 32.7 Å². The van der Waals surface area contributed by atoms with Crippen LogP contribution < -0.4 is 5.32 Å². The molecule has 1 heterocycles. The molecular weight excluding hydrogens is 290 g/mol. The lowest BCUT2D eigenvalue weighted by atomic mass is 10.1. The van der Waals surface area contributed by atoms with E-state index in [2.05, 4.69) is 62.4 Å². The summed E-state index contributed by atoms with van der Waals surface area (Å²) in [7, 11) is 2.21. The van der Waals surface area contributed by atoms with Gasteiger partial charge in [0.1, 0.15) is 0 Å². The first-order chi connectivity index (χ1) is 8.75. The average molecular weight is 312 g/mol. The van der Waals surface area contributed by atoms with Crippen LogP contribution in [0.5, 0.6) is 0 Å². The van der Waals surface area contributed by atoms with E-state index in [1.165, 1.54) is 23.1 Å². The third-order valence-electron chi connectivity index (χ3n) is 3.37. The number of rotatable bonds is 5. The molecule has 0 amide bonds. The Bertz CT molecular complexity index is 364. The number of nitrogens with zero attached hydrogens (tertiary/aromatic N) is 2. The molecule has 0 atom stereocenters. The molecule has 1 N–H and O–H groups in total. The highest BCUT2D eigenvalue weighted by atomic mass is 79.9. The third-order valence-corrected chi connectivity index (χ3v) is 4.15. The monoisotopic (exact) mass is 311 g/mol. The maximum Gasteiger partial charge on any atom is 0.0504 e. The Morgan fingerprint density at radius 2 is 2.00 bits per heavy atom. The van der Waals surface area contributed by atoms with Gasteiger partial charge in [-0.15, -0.1) is 0 Å². The molecule has 1 saturated heterocycles. The standard InChI is InChI=1S/C14H22BrN3/c1-17(12-18-10-7-16-8-11-18)9-6-13-4-2-3-5-14(13)15/h2-5,16H,6-12H2,1H3. The molecular formula is C14H22BrN3. The van der Waals surface area contributed by atoms with E-state index < -0.39 is 0 Å². The zero-order chi connectivity index (χ0) is 12.8. The molecule has 0 saturated carbocycles. The maximum absolute atomic E-state index is 3.61. The Balaban J connectivity index is 1.74. The lowest BCUT2D eigenvalue weighted by molar-refractivity contribution is 0.140. The molecule has 3 nitrogen and oxygen atoms in total. The predicted octanol–water partition coefficient (Wildman–Crippen LogP) is 1.79. The molecule has 4 heteroatoms. The van der Waals surface area contributed by atoms with Crippen molar-refractivity contribution >= 4 is 15.9 Å². The van der Waals surface area contributed by atoms with Crippen LogP contribution in [-0.2, 0) is 6.42 Å². The Morgan fingerprint density at radius 3 is 2.72 bits per heavy atom. The van der Waals surface area contributed by atoms with Gasteiger partial charge in [-0.1, -0.05) is 34.1 Å². The van der Waals surface area contributed by atoms with Crippen molar-refractivity contribution in [2.75, 3.05) is 46.4 Å². The molecule has 0 unspecified atom stereocenters. The van der Waals surface area contributed by atoms with Crippen LogP contribution in [0.15, 0.2) is 28.7 Å². The van der Waals surface area contributed by atoms with Crippen molar-refractivity contribution in [1.82, 2.24) is 15.1 Å². The summed E-state index contributed by atoms with van der Waals surface area (Å²) < 4.78 is 1.22. The van der Waals surface area contributed by atoms with Gasteiger partial charge in [0.25, 0.3) is 0 Å². The number of halogens is 1. The van der Waals surface area contributed by atoms with Crippen LogP contribution in [0.2, 0.25) is 0 Å². The topological polar surface area (TPSA) is 18.5 Å². The van der Waals surface area contributed by atoms with E-state index in [1.807, 2.05) is 0 Å². The zero-order valence-electron chi connectivity index (χ0n) is 11.0. The van der Waals surface area contributed by atoms with Crippen molar-refractivity contribution < 1.29 is 0 Å². The van der Waals surface area contributed by atoms with E-state index >= 15 is 0 Å². The van der Waals surface area contributed by atoms with Crippen LogP contribution in [0.25, 0.3) is 0 Å². The SMILES string of the molecule is CN(CCc1ccccc1Br)CN1CCNCC1. The number of hydrogen-bond donors (Lipinski definition) is 1. The number of piperazine rings is 1. The molecule has 0 aliphatic carbocycles. The summed E-state index contributed by atoms with van der Waals surface area (Å²) in [5, 5.41) is 3.39.